The van der Waals surface area contributed by atoms with E-state index < -0.39 is 0 Å². The monoisotopic (exact) mass is 362 g/mol. The Morgan fingerprint density at radius 3 is 2.63 bits per heavy atom. The van der Waals surface area contributed by atoms with Crippen molar-refractivity contribution in [2.45, 2.75) is 26.9 Å². The molecule has 0 unspecified atom stereocenters. The van der Waals surface area contributed by atoms with Crippen LogP contribution in [0.1, 0.15) is 11.3 Å². The van der Waals surface area contributed by atoms with Gasteiger partial charge in [-0.15, -0.1) is 5.10 Å². The summed E-state index contributed by atoms with van der Waals surface area (Å²) in [4.78, 5) is 10.8. The highest BCUT2D eigenvalue weighted by Crippen LogP contribution is 2.26. The predicted octanol–water partition coefficient (Wildman–Crippen LogP) is 3.52. The number of benzene rings is 2. The van der Waals surface area contributed by atoms with Crippen molar-refractivity contribution in [3.05, 3.63) is 69.9 Å². The Bertz CT molecular complexity index is 1140. The van der Waals surface area contributed by atoms with Crippen molar-refractivity contribution in [2.75, 3.05) is 0 Å². The molecule has 136 valence electrons. The second kappa shape index (κ2) is 6.64. The predicted molar refractivity (Wildman–Crippen MR) is 101 cm³/mol. The van der Waals surface area contributed by atoms with Gasteiger partial charge in [0.2, 0.25) is 0 Å². The van der Waals surface area contributed by atoms with Gasteiger partial charge in [0.25, 0.3) is 5.69 Å². The number of hydrogen-bond donors (Lipinski definition) is 0. The zero-order chi connectivity index (χ0) is 19.0. The number of nitro benzene ring substituents is 1. The summed E-state index contributed by atoms with van der Waals surface area (Å²) in [5.74, 6) is 0. The number of para-hydroxylation sites is 1. The SMILES string of the molecule is Cc1ccc(-c2cc(C)n(CCn3nnc4ccccc43)n2)cc1[N+](=O)[O-]. The van der Waals surface area contributed by atoms with Crippen molar-refractivity contribution in [1.82, 2.24) is 24.8 Å². The van der Waals surface area contributed by atoms with E-state index in [9.17, 15) is 10.1 Å². The fraction of sp³-hybridized carbons (Fsp3) is 0.211. The number of rotatable bonds is 5. The minimum atomic E-state index is -0.363. The molecule has 0 spiro atoms. The van der Waals surface area contributed by atoms with Gasteiger partial charge in [-0.25, -0.2) is 4.68 Å². The first-order valence-electron chi connectivity index (χ1n) is 8.61. The third-order valence-corrected chi connectivity index (χ3v) is 4.63. The van der Waals surface area contributed by atoms with Crippen LogP contribution >= 0.6 is 0 Å². The molecule has 2 heterocycles. The minimum absolute atomic E-state index is 0.105. The number of hydrogen-bond acceptors (Lipinski definition) is 5. The molecular weight excluding hydrogens is 344 g/mol. The third-order valence-electron chi connectivity index (χ3n) is 4.63. The zero-order valence-corrected chi connectivity index (χ0v) is 15.0. The molecular formula is C19H18N6O2. The summed E-state index contributed by atoms with van der Waals surface area (Å²) < 4.78 is 3.74. The topological polar surface area (TPSA) is 91.7 Å². The molecule has 0 fully saturated rings. The van der Waals surface area contributed by atoms with Crippen LogP contribution in [0.4, 0.5) is 5.69 Å². The molecule has 0 aliphatic carbocycles. The van der Waals surface area contributed by atoms with E-state index in [1.807, 2.05) is 52.7 Å². The lowest BCUT2D eigenvalue weighted by Gasteiger charge is -2.05. The van der Waals surface area contributed by atoms with E-state index in [0.29, 0.717) is 18.7 Å². The number of nitrogens with zero attached hydrogens (tertiary/aromatic N) is 6. The summed E-state index contributed by atoms with van der Waals surface area (Å²) in [5.41, 5.74) is 5.03. The Morgan fingerprint density at radius 1 is 1.04 bits per heavy atom. The normalized spacial score (nSPS) is 11.2. The molecule has 0 amide bonds. The molecule has 0 N–H and O–H groups in total. The Kier molecular flexibility index (Phi) is 4.15. The van der Waals surface area contributed by atoms with Gasteiger partial charge in [0.1, 0.15) is 5.52 Å². The van der Waals surface area contributed by atoms with Crippen molar-refractivity contribution >= 4 is 16.7 Å². The minimum Gasteiger partial charge on any atom is -0.267 e. The Morgan fingerprint density at radius 2 is 1.81 bits per heavy atom. The highest BCUT2D eigenvalue weighted by atomic mass is 16.6. The maximum absolute atomic E-state index is 11.2. The summed E-state index contributed by atoms with van der Waals surface area (Å²) in [7, 11) is 0. The standard InChI is InChI=1S/C19H18N6O2/c1-13-7-8-15(12-19(13)25(26)27)17-11-14(2)23(21-17)9-10-24-18-6-4-3-5-16(18)20-22-24/h3-8,11-12H,9-10H2,1-2H3. The summed E-state index contributed by atoms with van der Waals surface area (Å²) in [6.07, 6.45) is 0. The lowest BCUT2D eigenvalue weighted by Crippen LogP contribution is -2.11. The Hall–Kier alpha value is -3.55. The van der Waals surface area contributed by atoms with Crippen LogP contribution in [-0.2, 0) is 13.1 Å². The lowest BCUT2D eigenvalue weighted by atomic mass is 10.1. The van der Waals surface area contributed by atoms with Crippen LogP contribution in [0.3, 0.4) is 0 Å². The first-order valence-corrected chi connectivity index (χ1v) is 8.61. The van der Waals surface area contributed by atoms with Crippen LogP contribution in [-0.4, -0.2) is 29.7 Å². The van der Waals surface area contributed by atoms with Crippen molar-refractivity contribution in [3.8, 4) is 11.3 Å². The van der Waals surface area contributed by atoms with Gasteiger partial charge >= 0.3 is 0 Å². The van der Waals surface area contributed by atoms with Crippen LogP contribution in [0.5, 0.6) is 0 Å². The van der Waals surface area contributed by atoms with Gasteiger partial charge in [-0.3, -0.25) is 14.8 Å². The van der Waals surface area contributed by atoms with Crippen LogP contribution < -0.4 is 0 Å². The molecule has 8 heteroatoms. The molecule has 0 bridgehead atoms. The number of aryl methyl sites for hydroxylation is 4. The smallest absolute Gasteiger partial charge is 0.267 e. The van der Waals surface area contributed by atoms with E-state index in [0.717, 1.165) is 28.0 Å². The van der Waals surface area contributed by atoms with Gasteiger partial charge in [-0.1, -0.05) is 29.5 Å². The van der Waals surface area contributed by atoms with E-state index in [-0.39, 0.29) is 10.6 Å². The van der Waals surface area contributed by atoms with E-state index in [1.165, 1.54) is 0 Å². The number of nitro groups is 1. The van der Waals surface area contributed by atoms with Crippen LogP contribution in [0.25, 0.3) is 22.3 Å². The highest BCUT2D eigenvalue weighted by molar-refractivity contribution is 5.73. The molecule has 0 atom stereocenters. The molecule has 0 radical (unpaired) electrons. The van der Waals surface area contributed by atoms with Crippen LogP contribution in [0.2, 0.25) is 0 Å². The van der Waals surface area contributed by atoms with Gasteiger partial charge < -0.3 is 0 Å². The second-order valence-corrected chi connectivity index (χ2v) is 6.45. The average molecular weight is 362 g/mol. The van der Waals surface area contributed by atoms with Gasteiger partial charge in [0, 0.05) is 22.9 Å². The maximum Gasteiger partial charge on any atom is 0.272 e. The molecule has 27 heavy (non-hydrogen) atoms. The first-order chi connectivity index (χ1) is 13.0. The molecule has 8 nitrogen and oxygen atoms in total. The van der Waals surface area contributed by atoms with Gasteiger partial charge in [0.05, 0.1) is 29.2 Å². The number of fused-ring (bicyclic) bond motifs is 1. The van der Waals surface area contributed by atoms with Crippen LogP contribution in [0.15, 0.2) is 48.5 Å². The molecule has 4 aromatic rings. The van der Waals surface area contributed by atoms with Crippen LogP contribution in [0, 0.1) is 24.0 Å². The average Bonchev–Trinajstić information content (AvgIpc) is 3.23. The largest absolute Gasteiger partial charge is 0.272 e. The quantitative estimate of drug-likeness (QED) is 0.400. The van der Waals surface area contributed by atoms with Crippen molar-refractivity contribution < 1.29 is 4.92 Å². The number of aromatic nitrogens is 5. The Balaban J connectivity index is 1.58. The zero-order valence-electron chi connectivity index (χ0n) is 15.0. The summed E-state index contributed by atoms with van der Waals surface area (Å²) in [6, 6.07) is 14.9. The molecule has 0 saturated heterocycles. The van der Waals surface area contributed by atoms with Gasteiger partial charge in [0.15, 0.2) is 0 Å². The molecule has 4 rings (SSSR count). The summed E-state index contributed by atoms with van der Waals surface area (Å²) >= 11 is 0. The van der Waals surface area contributed by atoms with E-state index in [4.69, 9.17) is 0 Å². The first kappa shape index (κ1) is 16.9. The third kappa shape index (κ3) is 3.17. The fourth-order valence-corrected chi connectivity index (χ4v) is 3.11. The van der Waals surface area contributed by atoms with E-state index in [2.05, 4.69) is 15.4 Å². The van der Waals surface area contributed by atoms with Gasteiger partial charge in [-0.2, -0.15) is 5.10 Å². The molecule has 0 saturated carbocycles. The molecule has 0 aliphatic heterocycles. The highest BCUT2D eigenvalue weighted by Gasteiger charge is 2.14. The van der Waals surface area contributed by atoms with E-state index in [1.54, 1.807) is 19.1 Å². The lowest BCUT2D eigenvalue weighted by molar-refractivity contribution is -0.385. The van der Waals surface area contributed by atoms with Crippen molar-refractivity contribution in [2.24, 2.45) is 0 Å². The summed E-state index contributed by atoms with van der Waals surface area (Å²) in [5, 5.41) is 24.2. The second-order valence-electron chi connectivity index (χ2n) is 6.45. The van der Waals surface area contributed by atoms with E-state index >= 15 is 0 Å². The fourth-order valence-electron chi connectivity index (χ4n) is 3.11. The molecule has 0 aliphatic rings. The van der Waals surface area contributed by atoms with Crippen molar-refractivity contribution in [1.29, 1.82) is 0 Å². The summed E-state index contributed by atoms with van der Waals surface area (Å²) in [6.45, 7) is 4.97. The van der Waals surface area contributed by atoms with Gasteiger partial charge in [-0.05, 0) is 32.0 Å². The molecule has 2 aromatic carbocycles. The molecule has 2 aromatic heterocycles. The van der Waals surface area contributed by atoms with Crippen molar-refractivity contribution in [3.63, 3.8) is 0 Å². The maximum atomic E-state index is 11.2. The Labute approximate surface area is 155 Å².